The average molecular weight is 579 g/mol. The van der Waals surface area contributed by atoms with E-state index in [2.05, 4.69) is 15.3 Å². The van der Waals surface area contributed by atoms with E-state index in [1.165, 1.54) is 0 Å². The monoisotopic (exact) mass is 578 g/mol. The van der Waals surface area contributed by atoms with Crippen molar-refractivity contribution in [3.63, 3.8) is 0 Å². The summed E-state index contributed by atoms with van der Waals surface area (Å²) in [4.78, 5) is 31.2. The summed E-state index contributed by atoms with van der Waals surface area (Å²) in [7, 11) is 0. The first-order valence-corrected chi connectivity index (χ1v) is 13.6. The molecule has 3 aromatic rings. The third kappa shape index (κ3) is 10.1. The zero-order chi connectivity index (χ0) is 31.1. The van der Waals surface area contributed by atoms with Gasteiger partial charge in [-0.1, -0.05) is 0 Å². The number of carboxylic acids is 1. The van der Waals surface area contributed by atoms with Crippen LogP contribution in [0.2, 0.25) is 0 Å². The van der Waals surface area contributed by atoms with Crippen LogP contribution < -0.4 is 9.55 Å². The second-order valence-corrected chi connectivity index (χ2v) is 11.2. The van der Waals surface area contributed by atoms with Gasteiger partial charge in [-0.2, -0.15) is 0 Å². The molecular formula is C30H34F3LiN4O4. The molecule has 1 fully saturated rings. The van der Waals surface area contributed by atoms with E-state index in [9.17, 15) is 18.0 Å². The van der Waals surface area contributed by atoms with Gasteiger partial charge in [0, 0.05) is 25.9 Å². The number of likely N-dealkylation sites (tertiary alicyclic amines) is 1. The summed E-state index contributed by atoms with van der Waals surface area (Å²) in [6.45, 7) is 7.82. The Hall–Kier alpha value is -3.55. The van der Waals surface area contributed by atoms with E-state index in [-0.39, 0.29) is 30.1 Å². The molecule has 0 aliphatic carbocycles. The number of nitrogens with zero attached hydrogens (tertiary/aromatic N) is 3. The van der Waals surface area contributed by atoms with Crippen molar-refractivity contribution in [1.82, 2.24) is 14.9 Å². The molecule has 12 heteroatoms. The standard InChI is InChI=1S/C28H30F3N4O2.C2H4O2.Li/c1-27(2,3)37-26(36)35-16-15-21(18-35)20-10-12-22(13-11-20)33-25-32-17-23(28(29,30)31)24(34-25)14-9-19-7-5-4-6-8-19;1-2(3)4;/h4-7,10-13,17,21H,9,14-16,18H2,1-3H3,(H,32,33,34);1H3,(H,3,4);. The number of benzene rings is 2. The van der Waals surface area contributed by atoms with Crippen LogP contribution in [0.3, 0.4) is 0 Å². The van der Waals surface area contributed by atoms with Gasteiger partial charge in [-0.05, 0) is 27.2 Å². The molecule has 42 heavy (non-hydrogen) atoms. The van der Waals surface area contributed by atoms with E-state index in [0.29, 0.717) is 25.2 Å². The number of hydrogen-bond acceptors (Lipinski definition) is 6. The van der Waals surface area contributed by atoms with Gasteiger partial charge in [0.15, 0.2) is 0 Å². The van der Waals surface area contributed by atoms with Crippen molar-refractivity contribution in [1.29, 1.82) is 0 Å². The van der Waals surface area contributed by atoms with E-state index in [1.54, 1.807) is 4.90 Å². The van der Waals surface area contributed by atoms with Crippen LogP contribution in [0.1, 0.15) is 62.4 Å². The summed E-state index contributed by atoms with van der Waals surface area (Å²) in [5.74, 6) is -0.533. The quantitative estimate of drug-likeness (QED) is 0.365. The molecule has 2 heterocycles. The average Bonchev–Trinajstić information content (AvgIpc) is 3.38. The summed E-state index contributed by atoms with van der Waals surface area (Å²) in [6.07, 6.45) is -2.57. The molecule has 0 radical (unpaired) electrons. The summed E-state index contributed by atoms with van der Waals surface area (Å²) in [5, 5.41) is 10.4. The van der Waals surface area contributed by atoms with Crippen molar-refractivity contribution in [2.24, 2.45) is 0 Å². The molecule has 0 saturated carbocycles. The molecule has 2 aromatic carbocycles. The number of aliphatic carboxylic acids is 1. The summed E-state index contributed by atoms with van der Waals surface area (Å²) in [5.41, 5.74) is 1.34. The van der Waals surface area contributed by atoms with Gasteiger partial charge in [-0.25, -0.2) is 4.79 Å². The first-order chi connectivity index (χ1) is 19.6. The maximum absolute atomic E-state index is 13.6. The normalized spacial score (nSPS) is 15.1. The number of carboxylic acid groups (broad SMARTS) is 1. The molecule has 1 aliphatic heterocycles. The number of rotatable bonds is 6. The van der Waals surface area contributed by atoms with Crippen LogP contribution in [-0.2, 0) is 28.5 Å². The van der Waals surface area contributed by atoms with Crippen molar-refractivity contribution in [3.05, 3.63) is 77.1 Å². The number of carbonyl (C=O) groups excluding carboxylic acids is 1. The second-order valence-electron chi connectivity index (χ2n) is 11.2. The number of amides is 1. The molecule has 1 saturated heterocycles. The molecule has 1 unspecified atom stereocenters. The van der Waals surface area contributed by atoms with Crippen molar-refractivity contribution < 1.29 is 32.6 Å². The Morgan fingerprint density at radius 1 is 1.10 bits per heavy atom. The minimum atomic E-state index is -4.53. The summed E-state index contributed by atoms with van der Waals surface area (Å²) < 4.78 is 47.4. The molecule has 0 bridgehead atoms. The molecule has 1 atom stereocenters. The van der Waals surface area contributed by atoms with Crippen molar-refractivity contribution in [2.45, 2.75) is 64.7 Å². The van der Waals surface area contributed by atoms with Gasteiger partial charge in [0.2, 0.25) is 0 Å². The molecule has 220 valence electrons. The van der Waals surface area contributed by atoms with Crippen molar-refractivity contribution >= 4 is 45.6 Å². The third-order valence-electron chi connectivity index (χ3n) is 6.54. The Bertz CT molecular complexity index is 1370. The number of anilines is 2. The van der Waals surface area contributed by atoms with Crippen LogP contribution in [0, 0.1) is 0 Å². The number of aryl methyl sites for hydroxylation is 2. The maximum atomic E-state index is 13.6. The Balaban J connectivity index is 0.00000114. The number of alkyl halides is 3. The fraction of sp³-hybridized carbons (Fsp3) is 0.400. The molecule has 0 spiro atoms. The van der Waals surface area contributed by atoms with Crippen LogP contribution in [0.4, 0.5) is 29.6 Å². The first-order valence-electron chi connectivity index (χ1n) is 13.6. The third-order valence-corrected chi connectivity index (χ3v) is 6.54. The number of carbonyl (C=O) groups is 2. The number of ether oxygens (including phenoxy) is 1. The number of halogens is 3. The Morgan fingerprint density at radius 2 is 1.74 bits per heavy atom. The molecule has 4 rings (SSSR count). The van der Waals surface area contributed by atoms with E-state index < -0.39 is 23.3 Å². The van der Waals surface area contributed by atoms with Gasteiger partial charge >= 0.3 is 164 Å². The van der Waals surface area contributed by atoms with Gasteiger partial charge in [0.1, 0.15) is 5.60 Å². The molecule has 2 N–H and O–H groups in total. The SMILES string of the molecule is CC(=O)O.[Li][c]1ccccc1CCc1nc(Nc2ccc(C3CCN(C(=O)OC(C)(C)C)C3)cc2)ncc1C(F)(F)F. The van der Waals surface area contributed by atoms with Crippen LogP contribution >= 0.6 is 0 Å². The predicted octanol–water partition coefficient (Wildman–Crippen LogP) is 5.63. The number of nitrogens with one attached hydrogen (secondary N) is 1. The van der Waals surface area contributed by atoms with E-state index in [4.69, 9.17) is 14.6 Å². The fourth-order valence-electron chi connectivity index (χ4n) is 4.54. The van der Waals surface area contributed by atoms with Gasteiger partial charge in [0.05, 0.1) is 0 Å². The Morgan fingerprint density at radius 3 is 2.33 bits per heavy atom. The van der Waals surface area contributed by atoms with Crippen LogP contribution in [0.5, 0.6) is 0 Å². The molecule has 1 amide bonds. The van der Waals surface area contributed by atoms with Crippen molar-refractivity contribution in [3.8, 4) is 0 Å². The fourth-order valence-corrected chi connectivity index (χ4v) is 4.54. The van der Waals surface area contributed by atoms with Gasteiger partial charge in [-0.3, -0.25) is 4.79 Å². The topological polar surface area (TPSA) is 105 Å². The summed E-state index contributed by atoms with van der Waals surface area (Å²) in [6, 6.07) is 15.2. The zero-order valence-electron chi connectivity index (χ0n) is 24.5. The number of aromatic nitrogens is 2. The molecule has 8 nitrogen and oxygen atoms in total. The van der Waals surface area contributed by atoms with Crippen molar-refractivity contribution in [2.75, 3.05) is 18.4 Å². The Kier molecular flexibility index (Phi) is 11.0. The molecule has 1 aromatic heterocycles. The van der Waals surface area contributed by atoms with Crippen LogP contribution in [0.15, 0.2) is 54.7 Å². The van der Waals surface area contributed by atoms with Gasteiger partial charge in [-0.15, -0.1) is 0 Å². The van der Waals surface area contributed by atoms with Gasteiger partial charge < -0.3 is 14.7 Å². The molecular weight excluding hydrogens is 544 g/mol. The second kappa shape index (κ2) is 14.1. The van der Waals surface area contributed by atoms with Gasteiger partial charge in [0.25, 0.3) is 5.97 Å². The molecule has 1 aliphatic rings. The van der Waals surface area contributed by atoms with E-state index in [1.807, 2.05) is 87.0 Å². The summed E-state index contributed by atoms with van der Waals surface area (Å²) >= 11 is 1.94. The van der Waals surface area contributed by atoms with Crippen LogP contribution in [-0.4, -0.2) is 68.4 Å². The van der Waals surface area contributed by atoms with E-state index >= 15 is 0 Å². The zero-order valence-corrected chi connectivity index (χ0v) is 24.5. The van der Waals surface area contributed by atoms with E-state index in [0.717, 1.165) is 34.9 Å². The Labute approximate surface area is 252 Å². The predicted molar refractivity (Wildman–Crippen MR) is 154 cm³/mol. The van der Waals surface area contributed by atoms with Crippen LogP contribution in [0.25, 0.3) is 0 Å². The number of hydrogen-bond donors (Lipinski definition) is 2. The first kappa shape index (κ1) is 33.0. The minimum absolute atomic E-state index is 0.0388.